The minimum atomic E-state index is -0.824. The molecule has 1 amide bonds. The molecule has 1 unspecified atom stereocenters. The highest BCUT2D eigenvalue weighted by Crippen LogP contribution is 2.19. The molecule has 19 heavy (non-hydrogen) atoms. The quantitative estimate of drug-likeness (QED) is 0.896. The first-order valence-electron chi connectivity index (χ1n) is 6.55. The summed E-state index contributed by atoms with van der Waals surface area (Å²) in [6.45, 7) is 4.89. The van der Waals surface area contributed by atoms with E-state index in [0.29, 0.717) is 25.1 Å². The predicted molar refractivity (Wildman–Crippen MR) is 68.9 cm³/mol. The molecule has 2 heterocycles. The Morgan fingerprint density at radius 3 is 2.79 bits per heavy atom. The SMILES string of the molecule is CC(C)n1cc(C(=O)N2CCCC(C(=O)O)C2)cn1. The molecular weight excluding hydrogens is 246 g/mol. The minimum absolute atomic E-state index is 0.127. The summed E-state index contributed by atoms with van der Waals surface area (Å²) >= 11 is 0. The Kier molecular flexibility index (Phi) is 3.87. The normalized spacial score (nSPS) is 19.7. The van der Waals surface area contributed by atoms with Gasteiger partial charge in [-0.05, 0) is 26.7 Å². The molecule has 1 atom stereocenters. The van der Waals surface area contributed by atoms with E-state index in [1.54, 1.807) is 22.0 Å². The zero-order valence-corrected chi connectivity index (χ0v) is 11.2. The molecule has 1 aromatic rings. The van der Waals surface area contributed by atoms with Gasteiger partial charge in [-0.3, -0.25) is 14.3 Å². The molecule has 0 aromatic carbocycles. The van der Waals surface area contributed by atoms with Gasteiger partial charge in [-0.1, -0.05) is 0 Å². The standard InChI is InChI=1S/C13H19N3O3/c1-9(2)16-8-11(6-14-16)12(17)15-5-3-4-10(7-15)13(18)19/h6,8-10H,3-5,7H2,1-2H3,(H,18,19). The highest BCUT2D eigenvalue weighted by atomic mass is 16.4. The summed E-state index contributed by atoms with van der Waals surface area (Å²) in [6, 6.07) is 0.203. The zero-order valence-electron chi connectivity index (χ0n) is 11.2. The summed E-state index contributed by atoms with van der Waals surface area (Å²) in [5.74, 6) is -1.40. The van der Waals surface area contributed by atoms with Crippen LogP contribution in [0.1, 0.15) is 43.1 Å². The van der Waals surface area contributed by atoms with E-state index in [1.165, 1.54) is 0 Å². The van der Waals surface area contributed by atoms with Gasteiger partial charge in [0.05, 0.1) is 17.7 Å². The van der Waals surface area contributed by atoms with Crippen molar-refractivity contribution >= 4 is 11.9 Å². The van der Waals surface area contributed by atoms with Crippen LogP contribution >= 0.6 is 0 Å². The van der Waals surface area contributed by atoms with Crippen molar-refractivity contribution in [1.29, 1.82) is 0 Å². The van der Waals surface area contributed by atoms with Crippen LogP contribution in [0, 0.1) is 5.92 Å². The first-order valence-corrected chi connectivity index (χ1v) is 6.55. The van der Waals surface area contributed by atoms with E-state index in [0.717, 1.165) is 6.42 Å². The van der Waals surface area contributed by atoms with E-state index in [2.05, 4.69) is 5.10 Å². The van der Waals surface area contributed by atoms with Crippen molar-refractivity contribution in [3.63, 3.8) is 0 Å². The summed E-state index contributed by atoms with van der Waals surface area (Å²) in [4.78, 5) is 24.9. The third-order valence-electron chi connectivity index (χ3n) is 3.44. The van der Waals surface area contributed by atoms with Crippen LogP contribution in [0.2, 0.25) is 0 Å². The van der Waals surface area contributed by atoms with Gasteiger partial charge >= 0.3 is 5.97 Å². The van der Waals surface area contributed by atoms with Crippen LogP contribution in [0.3, 0.4) is 0 Å². The molecule has 0 aliphatic carbocycles. The number of rotatable bonds is 3. The molecule has 1 aliphatic rings. The molecule has 1 N–H and O–H groups in total. The monoisotopic (exact) mass is 265 g/mol. The number of piperidine rings is 1. The van der Waals surface area contributed by atoms with Gasteiger partial charge in [0.25, 0.3) is 5.91 Å². The van der Waals surface area contributed by atoms with Gasteiger partial charge in [-0.15, -0.1) is 0 Å². The molecule has 104 valence electrons. The van der Waals surface area contributed by atoms with Gasteiger partial charge < -0.3 is 10.0 Å². The molecule has 1 fully saturated rings. The predicted octanol–water partition coefficient (Wildman–Crippen LogP) is 1.40. The lowest BCUT2D eigenvalue weighted by Gasteiger charge is -2.30. The number of carboxylic acid groups (broad SMARTS) is 1. The highest BCUT2D eigenvalue weighted by molar-refractivity contribution is 5.94. The fraction of sp³-hybridized carbons (Fsp3) is 0.615. The van der Waals surface area contributed by atoms with Crippen molar-refractivity contribution in [2.24, 2.45) is 5.92 Å². The fourth-order valence-electron chi connectivity index (χ4n) is 2.28. The Labute approximate surface area is 112 Å². The van der Waals surface area contributed by atoms with Gasteiger partial charge in [-0.25, -0.2) is 0 Å². The third-order valence-corrected chi connectivity index (χ3v) is 3.44. The minimum Gasteiger partial charge on any atom is -0.481 e. The van der Waals surface area contributed by atoms with Crippen LogP contribution < -0.4 is 0 Å². The number of hydrogen-bond acceptors (Lipinski definition) is 3. The first kappa shape index (κ1) is 13.6. The maximum Gasteiger partial charge on any atom is 0.308 e. The van der Waals surface area contributed by atoms with Crippen LogP contribution in [0.25, 0.3) is 0 Å². The van der Waals surface area contributed by atoms with Crippen molar-refractivity contribution in [3.05, 3.63) is 18.0 Å². The van der Waals surface area contributed by atoms with Gasteiger partial charge in [0.2, 0.25) is 0 Å². The van der Waals surface area contributed by atoms with E-state index >= 15 is 0 Å². The van der Waals surface area contributed by atoms with Crippen molar-refractivity contribution < 1.29 is 14.7 Å². The Balaban J connectivity index is 2.08. The van der Waals surface area contributed by atoms with Crippen LogP contribution in [0.5, 0.6) is 0 Å². The molecule has 0 saturated carbocycles. The van der Waals surface area contributed by atoms with Crippen LogP contribution in [-0.4, -0.2) is 44.8 Å². The molecule has 1 aromatic heterocycles. The lowest BCUT2D eigenvalue weighted by molar-refractivity contribution is -0.143. The van der Waals surface area contributed by atoms with E-state index in [1.807, 2.05) is 13.8 Å². The number of carboxylic acids is 1. The largest absolute Gasteiger partial charge is 0.481 e. The van der Waals surface area contributed by atoms with Crippen LogP contribution in [0.4, 0.5) is 0 Å². The maximum absolute atomic E-state index is 12.3. The molecule has 1 aliphatic heterocycles. The zero-order chi connectivity index (χ0) is 14.0. The van der Waals surface area contributed by atoms with Crippen molar-refractivity contribution in [1.82, 2.24) is 14.7 Å². The van der Waals surface area contributed by atoms with Crippen molar-refractivity contribution in [2.75, 3.05) is 13.1 Å². The summed E-state index contributed by atoms with van der Waals surface area (Å²) in [5, 5.41) is 13.2. The molecular formula is C13H19N3O3. The van der Waals surface area contributed by atoms with Gasteiger partial charge in [0.1, 0.15) is 0 Å². The van der Waals surface area contributed by atoms with E-state index < -0.39 is 11.9 Å². The van der Waals surface area contributed by atoms with Gasteiger partial charge in [0.15, 0.2) is 0 Å². The Morgan fingerprint density at radius 2 is 2.21 bits per heavy atom. The molecule has 2 rings (SSSR count). The maximum atomic E-state index is 12.3. The highest BCUT2D eigenvalue weighted by Gasteiger charge is 2.29. The number of nitrogens with zero attached hydrogens (tertiary/aromatic N) is 3. The van der Waals surface area contributed by atoms with Gasteiger partial charge in [-0.2, -0.15) is 5.10 Å². The average molecular weight is 265 g/mol. The van der Waals surface area contributed by atoms with Crippen molar-refractivity contribution in [2.45, 2.75) is 32.7 Å². The molecule has 6 nitrogen and oxygen atoms in total. The fourth-order valence-corrected chi connectivity index (χ4v) is 2.28. The van der Waals surface area contributed by atoms with E-state index in [4.69, 9.17) is 5.11 Å². The number of aliphatic carboxylic acids is 1. The van der Waals surface area contributed by atoms with Gasteiger partial charge in [0, 0.05) is 25.3 Å². The lowest BCUT2D eigenvalue weighted by atomic mass is 9.98. The van der Waals surface area contributed by atoms with E-state index in [-0.39, 0.29) is 11.9 Å². The number of carbonyl (C=O) groups excluding carboxylic acids is 1. The molecule has 1 saturated heterocycles. The summed E-state index contributed by atoms with van der Waals surface area (Å²) < 4.78 is 1.73. The number of aromatic nitrogens is 2. The number of carbonyl (C=O) groups is 2. The Bertz CT molecular complexity index is 481. The molecule has 0 bridgehead atoms. The third kappa shape index (κ3) is 2.94. The molecule has 0 radical (unpaired) electrons. The smallest absolute Gasteiger partial charge is 0.308 e. The summed E-state index contributed by atoms with van der Waals surface area (Å²) in [5.41, 5.74) is 0.528. The summed E-state index contributed by atoms with van der Waals surface area (Å²) in [7, 11) is 0. The summed E-state index contributed by atoms with van der Waals surface area (Å²) in [6.07, 6.45) is 4.65. The van der Waals surface area contributed by atoms with E-state index in [9.17, 15) is 9.59 Å². The topological polar surface area (TPSA) is 75.4 Å². The second-order valence-corrected chi connectivity index (χ2v) is 5.23. The van der Waals surface area contributed by atoms with Crippen LogP contribution in [-0.2, 0) is 4.79 Å². The second-order valence-electron chi connectivity index (χ2n) is 5.23. The lowest BCUT2D eigenvalue weighted by Crippen LogP contribution is -2.42. The average Bonchev–Trinajstić information content (AvgIpc) is 2.87. The number of amides is 1. The van der Waals surface area contributed by atoms with Crippen molar-refractivity contribution in [3.8, 4) is 0 Å². The molecule has 0 spiro atoms. The van der Waals surface area contributed by atoms with Crippen LogP contribution in [0.15, 0.2) is 12.4 Å². The second kappa shape index (κ2) is 5.42. The number of likely N-dealkylation sites (tertiary alicyclic amines) is 1. The Hall–Kier alpha value is -1.85. The number of hydrogen-bond donors (Lipinski definition) is 1. The first-order chi connectivity index (χ1) is 8.99. The Morgan fingerprint density at radius 1 is 1.47 bits per heavy atom. The molecule has 6 heteroatoms.